The zero-order chi connectivity index (χ0) is 15.4. The Hall–Kier alpha value is -1.97. The summed E-state index contributed by atoms with van der Waals surface area (Å²) in [6.07, 6.45) is 0. The summed E-state index contributed by atoms with van der Waals surface area (Å²) in [4.78, 5) is 0. The molecule has 4 heteroatoms. The van der Waals surface area contributed by atoms with E-state index in [-0.39, 0.29) is 0 Å². The second-order valence-corrected chi connectivity index (χ2v) is 6.12. The Morgan fingerprint density at radius 1 is 0.727 bits per heavy atom. The molecule has 0 heterocycles. The van der Waals surface area contributed by atoms with E-state index in [4.69, 9.17) is 11.6 Å². The fraction of sp³-hybridized carbons (Fsp3) is 0. The second-order valence-electron chi connectivity index (χ2n) is 4.77. The van der Waals surface area contributed by atoms with Gasteiger partial charge in [-0.3, -0.25) is 10.4 Å². The molecular weight excluding hydrogens is 360 g/mol. The number of hydrogen-bond acceptors (Lipinski definition) is 2. The molecule has 0 amide bonds. The maximum absolute atomic E-state index is 6.00. The molecule has 0 spiro atoms. The molecule has 0 aliphatic rings. The number of para-hydroxylation sites is 1. The molecule has 0 bridgehead atoms. The maximum atomic E-state index is 6.00. The fourth-order valence-electron chi connectivity index (χ4n) is 2.10. The molecule has 3 aromatic carbocycles. The van der Waals surface area contributed by atoms with Crippen LogP contribution in [-0.2, 0) is 0 Å². The number of hydrazine groups is 1. The summed E-state index contributed by atoms with van der Waals surface area (Å²) >= 11 is 9.47. The maximum Gasteiger partial charge on any atom is 0.0631 e. The highest BCUT2D eigenvalue weighted by Crippen LogP contribution is 2.28. The van der Waals surface area contributed by atoms with Gasteiger partial charge in [-0.05, 0) is 60.7 Å². The predicted molar refractivity (Wildman–Crippen MR) is 97.8 cm³/mol. The topological polar surface area (TPSA) is 15.3 Å². The molecule has 2 nitrogen and oxygen atoms in total. The van der Waals surface area contributed by atoms with E-state index in [9.17, 15) is 0 Å². The summed E-state index contributed by atoms with van der Waals surface area (Å²) in [5, 5.41) is 2.75. The smallest absolute Gasteiger partial charge is 0.0631 e. The standard InChI is InChI=1S/C18H14BrClN2/c19-14-6-10-17(11-7-14)22(18-12-8-15(20)9-13-18)21-16-4-2-1-3-5-16/h1-13,21H. The van der Waals surface area contributed by atoms with Crippen molar-refractivity contribution in [1.29, 1.82) is 0 Å². The first-order valence-corrected chi connectivity index (χ1v) is 8.02. The van der Waals surface area contributed by atoms with Crippen LogP contribution in [0.3, 0.4) is 0 Å². The lowest BCUT2D eigenvalue weighted by atomic mass is 10.2. The summed E-state index contributed by atoms with van der Waals surface area (Å²) in [6, 6.07) is 25.9. The van der Waals surface area contributed by atoms with E-state index in [1.807, 2.05) is 71.7 Å². The van der Waals surface area contributed by atoms with Crippen molar-refractivity contribution in [1.82, 2.24) is 0 Å². The van der Waals surface area contributed by atoms with Crippen LogP contribution in [0.5, 0.6) is 0 Å². The molecule has 3 aromatic rings. The van der Waals surface area contributed by atoms with Crippen molar-refractivity contribution >= 4 is 44.6 Å². The number of benzene rings is 3. The van der Waals surface area contributed by atoms with Crippen LogP contribution >= 0.6 is 27.5 Å². The van der Waals surface area contributed by atoms with Gasteiger partial charge in [-0.1, -0.05) is 45.7 Å². The van der Waals surface area contributed by atoms with Gasteiger partial charge in [0, 0.05) is 9.50 Å². The second kappa shape index (κ2) is 6.86. The first-order valence-electron chi connectivity index (χ1n) is 6.85. The van der Waals surface area contributed by atoms with Crippen LogP contribution in [0.2, 0.25) is 5.02 Å². The third-order valence-electron chi connectivity index (χ3n) is 3.18. The summed E-state index contributed by atoms with van der Waals surface area (Å²) in [7, 11) is 0. The van der Waals surface area contributed by atoms with E-state index in [0.717, 1.165) is 26.6 Å². The van der Waals surface area contributed by atoms with Gasteiger partial charge in [0.2, 0.25) is 0 Å². The van der Waals surface area contributed by atoms with Gasteiger partial charge in [0.15, 0.2) is 0 Å². The van der Waals surface area contributed by atoms with Crippen LogP contribution in [0.1, 0.15) is 0 Å². The highest BCUT2D eigenvalue weighted by molar-refractivity contribution is 9.10. The van der Waals surface area contributed by atoms with Crippen LogP contribution in [0.25, 0.3) is 0 Å². The summed E-state index contributed by atoms with van der Waals surface area (Å²) < 4.78 is 1.05. The first kappa shape index (κ1) is 14.9. The number of nitrogens with zero attached hydrogens (tertiary/aromatic N) is 1. The van der Waals surface area contributed by atoms with Gasteiger partial charge in [0.25, 0.3) is 0 Å². The minimum Gasteiger partial charge on any atom is -0.294 e. The zero-order valence-corrected chi connectivity index (χ0v) is 14.1. The van der Waals surface area contributed by atoms with Crippen LogP contribution in [0.15, 0.2) is 83.3 Å². The van der Waals surface area contributed by atoms with Crippen molar-refractivity contribution in [2.24, 2.45) is 0 Å². The quantitative estimate of drug-likeness (QED) is 0.542. The Labute approximate surface area is 143 Å². The number of nitrogens with one attached hydrogen (secondary N) is 1. The average Bonchev–Trinajstić information content (AvgIpc) is 2.56. The van der Waals surface area contributed by atoms with E-state index in [0.29, 0.717) is 0 Å². The van der Waals surface area contributed by atoms with Gasteiger partial charge in [0.1, 0.15) is 0 Å². The summed E-state index contributed by atoms with van der Waals surface area (Å²) in [5.41, 5.74) is 6.49. The highest BCUT2D eigenvalue weighted by atomic mass is 79.9. The molecule has 0 fully saturated rings. The van der Waals surface area contributed by atoms with E-state index >= 15 is 0 Å². The zero-order valence-electron chi connectivity index (χ0n) is 11.7. The fourth-order valence-corrected chi connectivity index (χ4v) is 2.49. The largest absolute Gasteiger partial charge is 0.294 e. The third kappa shape index (κ3) is 3.62. The Kier molecular flexibility index (Phi) is 4.66. The molecule has 0 aromatic heterocycles. The highest BCUT2D eigenvalue weighted by Gasteiger charge is 2.09. The molecule has 0 unspecified atom stereocenters. The van der Waals surface area contributed by atoms with Crippen molar-refractivity contribution in [3.63, 3.8) is 0 Å². The number of hydrogen-bond donors (Lipinski definition) is 1. The van der Waals surface area contributed by atoms with Crippen LogP contribution < -0.4 is 10.4 Å². The minimum absolute atomic E-state index is 0.721. The van der Waals surface area contributed by atoms with E-state index in [1.165, 1.54) is 0 Å². The number of halogens is 2. The number of anilines is 3. The van der Waals surface area contributed by atoms with Gasteiger partial charge < -0.3 is 0 Å². The normalized spacial score (nSPS) is 10.3. The van der Waals surface area contributed by atoms with Crippen molar-refractivity contribution in [2.75, 3.05) is 10.4 Å². The monoisotopic (exact) mass is 372 g/mol. The number of rotatable bonds is 4. The molecule has 22 heavy (non-hydrogen) atoms. The van der Waals surface area contributed by atoms with Gasteiger partial charge >= 0.3 is 0 Å². The lowest BCUT2D eigenvalue weighted by molar-refractivity contribution is 1.16. The van der Waals surface area contributed by atoms with Crippen molar-refractivity contribution in [3.8, 4) is 0 Å². The SMILES string of the molecule is Clc1ccc(N(Nc2ccccc2)c2ccc(Br)cc2)cc1. The molecular formula is C18H14BrClN2. The van der Waals surface area contributed by atoms with Crippen LogP contribution in [-0.4, -0.2) is 0 Å². The van der Waals surface area contributed by atoms with Gasteiger partial charge in [0.05, 0.1) is 17.1 Å². The van der Waals surface area contributed by atoms with Crippen molar-refractivity contribution in [2.45, 2.75) is 0 Å². The Morgan fingerprint density at radius 2 is 1.27 bits per heavy atom. The Morgan fingerprint density at radius 3 is 1.86 bits per heavy atom. The molecule has 0 aliphatic heterocycles. The Balaban J connectivity index is 1.97. The molecule has 110 valence electrons. The lowest BCUT2D eigenvalue weighted by Crippen LogP contribution is -2.24. The minimum atomic E-state index is 0.721. The van der Waals surface area contributed by atoms with Gasteiger partial charge in [-0.15, -0.1) is 0 Å². The molecule has 1 N–H and O–H groups in total. The summed E-state index contributed by atoms with van der Waals surface area (Å²) in [6.45, 7) is 0. The first-order chi connectivity index (χ1) is 10.7. The van der Waals surface area contributed by atoms with E-state index in [1.54, 1.807) is 0 Å². The van der Waals surface area contributed by atoms with Crippen molar-refractivity contribution < 1.29 is 0 Å². The lowest BCUT2D eigenvalue weighted by Gasteiger charge is -2.26. The van der Waals surface area contributed by atoms with Gasteiger partial charge in [-0.2, -0.15) is 0 Å². The molecule has 0 aliphatic carbocycles. The molecule has 3 rings (SSSR count). The van der Waals surface area contributed by atoms with Crippen molar-refractivity contribution in [3.05, 3.63) is 88.4 Å². The summed E-state index contributed by atoms with van der Waals surface area (Å²) in [5.74, 6) is 0. The average molecular weight is 374 g/mol. The molecule has 0 saturated heterocycles. The molecule has 0 radical (unpaired) electrons. The predicted octanol–water partition coefficient (Wildman–Crippen LogP) is 6.27. The molecule has 0 atom stereocenters. The molecule has 0 saturated carbocycles. The van der Waals surface area contributed by atoms with E-state index < -0.39 is 0 Å². The van der Waals surface area contributed by atoms with E-state index in [2.05, 4.69) is 33.5 Å². The van der Waals surface area contributed by atoms with Crippen LogP contribution in [0.4, 0.5) is 17.1 Å². The Bertz CT molecular complexity index is 682. The third-order valence-corrected chi connectivity index (χ3v) is 3.96. The van der Waals surface area contributed by atoms with Crippen LogP contribution in [0, 0.1) is 0 Å². The van der Waals surface area contributed by atoms with Gasteiger partial charge in [-0.25, -0.2) is 0 Å².